The van der Waals surface area contributed by atoms with Gasteiger partial charge in [0.2, 0.25) is 0 Å². The van der Waals surface area contributed by atoms with E-state index in [4.69, 9.17) is 14.2 Å². The van der Waals surface area contributed by atoms with Gasteiger partial charge in [-0.1, -0.05) is 331 Å². The average molecular weight is 1140 g/mol. The molecule has 0 spiro atoms. The molecule has 0 aliphatic heterocycles. The summed E-state index contributed by atoms with van der Waals surface area (Å²) in [5, 5.41) is 0. The highest BCUT2D eigenvalue weighted by Gasteiger charge is 2.19. The molecule has 0 heterocycles. The third-order valence-corrected chi connectivity index (χ3v) is 15.6. The van der Waals surface area contributed by atoms with E-state index in [0.717, 1.165) is 109 Å². The van der Waals surface area contributed by atoms with Crippen LogP contribution in [0.15, 0.2) is 85.1 Å². The van der Waals surface area contributed by atoms with Gasteiger partial charge in [-0.15, -0.1) is 0 Å². The van der Waals surface area contributed by atoms with E-state index in [2.05, 4.69) is 106 Å². The fourth-order valence-corrected chi connectivity index (χ4v) is 10.3. The van der Waals surface area contributed by atoms with Gasteiger partial charge in [-0.25, -0.2) is 0 Å². The van der Waals surface area contributed by atoms with Crippen LogP contribution in [0.25, 0.3) is 0 Å². The Morgan fingerprint density at radius 2 is 0.476 bits per heavy atom. The molecule has 0 aromatic rings. The van der Waals surface area contributed by atoms with E-state index >= 15 is 0 Å². The van der Waals surface area contributed by atoms with Crippen LogP contribution in [0.3, 0.4) is 0 Å². The molecule has 0 N–H and O–H groups in total. The van der Waals surface area contributed by atoms with Crippen LogP contribution < -0.4 is 0 Å². The molecule has 0 radical (unpaired) electrons. The van der Waals surface area contributed by atoms with Gasteiger partial charge in [0.1, 0.15) is 13.2 Å². The number of allylic oxidation sites excluding steroid dienone is 14. The summed E-state index contributed by atoms with van der Waals surface area (Å²) in [6.07, 6.45) is 93.2. The normalized spacial score (nSPS) is 12.6. The SMILES string of the molecule is CC/C=C\C/C=C\C/C=C\C/C=C\CCCCCCCCCCCCCCCCC(=O)OCC(COC(=O)CCCCCCCCCCCCCCCCCC)OC(=O)CCCCCCCC/C=C\C/C=C\C/C=C\CCCCCCC. The van der Waals surface area contributed by atoms with Gasteiger partial charge >= 0.3 is 17.9 Å². The molecule has 1 unspecified atom stereocenters. The molecule has 0 saturated heterocycles. The fourth-order valence-electron chi connectivity index (χ4n) is 10.3. The fraction of sp³-hybridized carbons (Fsp3) is 0.776. The van der Waals surface area contributed by atoms with Gasteiger partial charge in [0, 0.05) is 19.3 Å². The van der Waals surface area contributed by atoms with Crippen molar-refractivity contribution in [3.05, 3.63) is 85.1 Å². The highest BCUT2D eigenvalue weighted by atomic mass is 16.6. The standard InChI is InChI=1S/C76H134O6/c1-4-7-10-13-16-19-22-25-28-31-33-35-36-37-38-39-40-42-43-45-48-51-54-57-60-63-66-69-75(78)81-72-73(71-80-74(77)68-65-62-59-56-53-50-47-30-27-24-21-18-15-12-9-6-3)82-76(79)70-67-64-61-58-55-52-49-46-44-41-34-32-29-26-23-20-17-14-11-8-5-2/h7,10,16,19,23,25-26,28,32-35,44,46,73H,4-6,8-9,11-15,17-18,20-22,24,27,29-31,36-43,45,47-72H2,1-3H3/b10-7-,19-16-,26-23-,28-25-,34-32-,35-33-,46-44-. The van der Waals surface area contributed by atoms with E-state index in [1.165, 1.54) is 212 Å². The second kappa shape index (κ2) is 70.1. The zero-order valence-electron chi connectivity index (χ0n) is 54.5. The Hall–Kier alpha value is -3.41. The second-order valence-electron chi connectivity index (χ2n) is 23.8. The van der Waals surface area contributed by atoms with Gasteiger partial charge in [0.15, 0.2) is 6.10 Å². The summed E-state index contributed by atoms with van der Waals surface area (Å²) in [5.41, 5.74) is 0. The Labute approximate surface area is 509 Å². The summed E-state index contributed by atoms with van der Waals surface area (Å²) in [4.78, 5) is 38.5. The lowest BCUT2D eigenvalue weighted by Gasteiger charge is -2.18. The minimum atomic E-state index is -0.784. The van der Waals surface area contributed by atoms with Crippen LogP contribution >= 0.6 is 0 Å². The maximum atomic E-state index is 13.0. The molecule has 0 rings (SSSR count). The molecule has 0 aliphatic carbocycles. The van der Waals surface area contributed by atoms with E-state index in [0.29, 0.717) is 19.3 Å². The van der Waals surface area contributed by atoms with Crippen molar-refractivity contribution in [1.29, 1.82) is 0 Å². The quantitative estimate of drug-likeness (QED) is 0.0261. The summed E-state index contributed by atoms with van der Waals surface area (Å²) in [7, 11) is 0. The highest BCUT2D eigenvalue weighted by Crippen LogP contribution is 2.18. The van der Waals surface area contributed by atoms with Gasteiger partial charge < -0.3 is 14.2 Å². The zero-order chi connectivity index (χ0) is 59.2. The summed E-state index contributed by atoms with van der Waals surface area (Å²) in [5.74, 6) is -0.870. The summed E-state index contributed by atoms with van der Waals surface area (Å²) in [6, 6.07) is 0. The van der Waals surface area contributed by atoms with E-state index in [1.807, 2.05) is 0 Å². The number of carbonyl (C=O) groups excluding carboxylic acids is 3. The van der Waals surface area contributed by atoms with Crippen LogP contribution in [0.1, 0.15) is 361 Å². The lowest BCUT2D eigenvalue weighted by molar-refractivity contribution is -0.167. The van der Waals surface area contributed by atoms with Crippen LogP contribution in [0.2, 0.25) is 0 Å². The number of rotatable bonds is 65. The topological polar surface area (TPSA) is 78.9 Å². The molecule has 474 valence electrons. The molecule has 0 fully saturated rings. The van der Waals surface area contributed by atoms with Crippen molar-refractivity contribution in [2.75, 3.05) is 13.2 Å². The van der Waals surface area contributed by atoms with Crippen molar-refractivity contribution in [1.82, 2.24) is 0 Å². The number of unbranched alkanes of at least 4 members (excludes halogenated alkanes) is 40. The molecule has 6 heteroatoms. The Balaban J connectivity index is 4.32. The third-order valence-electron chi connectivity index (χ3n) is 15.6. The maximum absolute atomic E-state index is 13.0. The van der Waals surface area contributed by atoms with Crippen molar-refractivity contribution >= 4 is 17.9 Å². The third kappa shape index (κ3) is 67.4. The molecular formula is C76H134O6. The van der Waals surface area contributed by atoms with Gasteiger partial charge in [-0.3, -0.25) is 14.4 Å². The smallest absolute Gasteiger partial charge is 0.306 e. The lowest BCUT2D eigenvalue weighted by Crippen LogP contribution is -2.30. The Bertz CT molecular complexity index is 1550. The van der Waals surface area contributed by atoms with Crippen molar-refractivity contribution in [2.45, 2.75) is 367 Å². The monoisotopic (exact) mass is 1140 g/mol. The van der Waals surface area contributed by atoms with E-state index in [1.54, 1.807) is 0 Å². The highest BCUT2D eigenvalue weighted by molar-refractivity contribution is 5.71. The molecule has 0 aromatic carbocycles. The first kappa shape index (κ1) is 78.6. The zero-order valence-corrected chi connectivity index (χ0v) is 54.5. The molecule has 0 bridgehead atoms. The first-order valence-electron chi connectivity index (χ1n) is 35.6. The first-order chi connectivity index (χ1) is 40.5. The van der Waals surface area contributed by atoms with Crippen LogP contribution in [-0.4, -0.2) is 37.2 Å². The van der Waals surface area contributed by atoms with Crippen LogP contribution in [0, 0.1) is 0 Å². The first-order valence-corrected chi connectivity index (χ1v) is 35.6. The number of hydrogen-bond donors (Lipinski definition) is 0. The van der Waals surface area contributed by atoms with Crippen molar-refractivity contribution in [3.63, 3.8) is 0 Å². The van der Waals surface area contributed by atoms with E-state index < -0.39 is 6.10 Å². The van der Waals surface area contributed by atoms with Gasteiger partial charge in [0.25, 0.3) is 0 Å². The molecule has 82 heavy (non-hydrogen) atoms. The largest absolute Gasteiger partial charge is 0.462 e. The van der Waals surface area contributed by atoms with E-state index in [9.17, 15) is 14.4 Å². The Morgan fingerprint density at radius 3 is 0.744 bits per heavy atom. The number of ether oxygens (including phenoxy) is 3. The summed E-state index contributed by atoms with van der Waals surface area (Å²) < 4.78 is 17.0. The Morgan fingerprint density at radius 1 is 0.256 bits per heavy atom. The van der Waals surface area contributed by atoms with Crippen LogP contribution in [0.4, 0.5) is 0 Å². The molecule has 1 atom stereocenters. The predicted molar refractivity (Wildman–Crippen MR) is 358 cm³/mol. The lowest BCUT2D eigenvalue weighted by atomic mass is 10.0. The molecule has 0 aromatic heterocycles. The number of carbonyl (C=O) groups is 3. The average Bonchev–Trinajstić information content (AvgIpc) is 3.47. The van der Waals surface area contributed by atoms with Gasteiger partial charge in [-0.2, -0.15) is 0 Å². The van der Waals surface area contributed by atoms with Gasteiger partial charge in [-0.05, 0) is 96.3 Å². The van der Waals surface area contributed by atoms with Crippen molar-refractivity contribution in [2.24, 2.45) is 0 Å². The van der Waals surface area contributed by atoms with Crippen LogP contribution in [0.5, 0.6) is 0 Å². The number of esters is 3. The van der Waals surface area contributed by atoms with Crippen molar-refractivity contribution < 1.29 is 28.6 Å². The second-order valence-corrected chi connectivity index (χ2v) is 23.8. The summed E-state index contributed by atoms with van der Waals surface area (Å²) >= 11 is 0. The number of hydrogen-bond acceptors (Lipinski definition) is 6. The molecule has 0 saturated carbocycles. The van der Waals surface area contributed by atoms with E-state index in [-0.39, 0.29) is 31.1 Å². The Kier molecular flexibility index (Phi) is 67.2. The molecule has 0 amide bonds. The molecule has 0 aliphatic rings. The minimum absolute atomic E-state index is 0.0775. The van der Waals surface area contributed by atoms with Crippen molar-refractivity contribution in [3.8, 4) is 0 Å². The predicted octanol–water partition coefficient (Wildman–Crippen LogP) is 24.6. The molecule has 6 nitrogen and oxygen atoms in total. The maximum Gasteiger partial charge on any atom is 0.306 e. The summed E-state index contributed by atoms with van der Waals surface area (Å²) in [6.45, 7) is 6.56. The van der Waals surface area contributed by atoms with Crippen LogP contribution in [-0.2, 0) is 28.6 Å². The minimum Gasteiger partial charge on any atom is -0.462 e. The molecular weight excluding hydrogens is 1010 g/mol. The van der Waals surface area contributed by atoms with Gasteiger partial charge in [0.05, 0.1) is 0 Å².